The van der Waals surface area contributed by atoms with E-state index in [-0.39, 0.29) is 18.2 Å². The first kappa shape index (κ1) is 12.9. The summed E-state index contributed by atoms with van der Waals surface area (Å²) in [6, 6.07) is 9.23. The maximum absolute atomic E-state index is 11.1. The number of amidine groups is 1. The maximum Gasteiger partial charge on any atom is 0.309 e. The van der Waals surface area contributed by atoms with Crippen LogP contribution in [0.2, 0.25) is 0 Å². The summed E-state index contributed by atoms with van der Waals surface area (Å²) >= 11 is 0. The number of para-hydroxylation sites is 1. The molecule has 1 amide bonds. The fraction of sp³-hybridized carbons (Fsp3) is 0.231. The number of rotatable bonds is 1. The molecular formula is C13H13N3O3. The Bertz CT molecular complexity index is 564. The predicted octanol–water partition coefficient (Wildman–Crippen LogP) is 1.72. The maximum atomic E-state index is 11.1. The van der Waals surface area contributed by atoms with Crippen molar-refractivity contribution in [1.82, 2.24) is 0 Å². The number of nitrogens with zero attached hydrogens (tertiary/aromatic N) is 3. The van der Waals surface area contributed by atoms with Gasteiger partial charge in [-0.1, -0.05) is 18.2 Å². The van der Waals surface area contributed by atoms with Crippen LogP contribution in [-0.4, -0.2) is 23.6 Å². The van der Waals surface area contributed by atoms with Gasteiger partial charge in [-0.15, -0.1) is 5.10 Å². The predicted molar refractivity (Wildman–Crippen MR) is 70.9 cm³/mol. The van der Waals surface area contributed by atoms with Crippen LogP contribution in [0.3, 0.4) is 0 Å². The molecule has 0 saturated carbocycles. The molecule has 0 spiro atoms. The van der Waals surface area contributed by atoms with Crippen molar-refractivity contribution in [1.29, 1.82) is 0 Å². The van der Waals surface area contributed by atoms with Crippen LogP contribution in [0.4, 0.5) is 5.69 Å². The van der Waals surface area contributed by atoms with Gasteiger partial charge in [0.25, 0.3) is 0 Å². The summed E-state index contributed by atoms with van der Waals surface area (Å²) in [4.78, 5) is 26.0. The summed E-state index contributed by atoms with van der Waals surface area (Å²) in [5, 5.41) is 5.66. The highest BCUT2D eigenvalue weighted by molar-refractivity contribution is 6.16. The van der Waals surface area contributed by atoms with E-state index in [0.717, 1.165) is 5.69 Å². The molecule has 6 heteroatoms. The number of anilines is 1. The van der Waals surface area contributed by atoms with Gasteiger partial charge in [-0.05, 0) is 12.1 Å². The number of carbonyl (C=O) groups excluding carboxylic acids is 2. The van der Waals surface area contributed by atoms with E-state index in [4.69, 9.17) is 4.74 Å². The molecule has 6 nitrogen and oxygen atoms in total. The molecule has 0 atom stereocenters. The van der Waals surface area contributed by atoms with E-state index in [9.17, 15) is 9.59 Å². The highest BCUT2D eigenvalue weighted by atomic mass is 16.5. The van der Waals surface area contributed by atoms with E-state index in [0.29, 0.717) is 5.84 Å². The number of aliphatic imine (C=N–C) groups is 1. The standard InChI is InChI=1S/C13H13N3O3/c1-9(17)14-12-8-13(19-10(2)18)15-16(12)11-6-4-3-5-7-11/h3-7H,8H2,1-2H3. The lowest BCUT2D eigenvalue weighted by Gasteiger charge is -2.13. The van der Waals surface area contributed by atoms with Crippen LogP contribution in [0.1, 0.15) is 20.3 Å². The summed E-state index contributed by atoms with van der Waals surface area (Å²) in [6.07, 6.45) is 0.216. The quantitative estimate of drug-likeness (QED) is 0.720. The Morgan fingerprint density at radius 3 is 2.53 bits per heavy atom. The van der Waals surface area contributed by atoms with E-state index < -0.39 is 5.97 Å². The molecule has 1 aromatic carbocycles. The number of carbonyl (C=O) groups is 2. The van der Waals surface area contributed by atoms with E-state index in [2.05, 4.69) is 10.1 Å². The second-order valence-electron chi connectivity index (χ2n) is 3.96. The molecule has 0 aromatic heterocycles. The van der Waals surface area contributed by atoms with E-state index >= 15 is 0 Å². The largest absolute Gasteiger partial charge is 0.410 e. The molecule has 98 valence electrons. The Hall–Kier alpha value is -2.50. The van der Waals surface area contributed by atoms with E-state index in [1.54, 1.807) is 0 Å². The van der Waals surface area contributed by atoms with Crippen LogP contribution in [0.5, 0.6) is 0 Å². The summed E-state index contributed by atoms with van der Waals surface area (Å²) < 4.78 is 4.95. The number of ether oxygens (including phenoxy) is 1. The second-order valence-corrected chi connectivity index (χ2v) is 3.96. The van der Waals surface area contributed by atoms with Gasteiger partial charge in [-0.25, -0.2) is 5.01 Å². The Balaban J connectivity index is 2.32. The van der Waals surface area contributed by atoms with Crippen LogP contribution >= 0.6 is 0 Å². The molecular weight excluding hydrogens is 246 g/mol. The summed E-state index contributed by atoms with van der Waals surface area (Å²) in [5.41, 5.74) is 0.754. The highest BCUT2D eigenvalue weighted by Crippen LogP contribution is 2.21. The third-order valence-corrected chi connectivity index (χ3v) is 2.31. The van der Waals surface area contributed by atoms with Crippen LogP contribution in [0.15, 0.2) is 40.4 Å². The van der Waals surface area contributed by atoms with Gasteiger partial charge < -0.3 is 4.74 Å². The number of amides is 1. The first-order valence-corrected chi connectivity index (χ1v) is 5.75. The first-order valence-electron chi connectivity index (χ1n) is 5.75. The molecule has 1 heterocycles. The average molecular weight is 259 g/mol. The highest BCUT2D eigenvalue weighted by Gasteiger charge is 2.26. The molecule has 1 aromatic rings. The molecule has 19 heavy (non-hydrogen) atoms. The zero-order chi connectivity index (χ0) is 13.8. The molecule has 0 unspecified atom stereocenters. The van der Waals surface area contributed by atoms with Crippen LogP contribution in [0.25, 0.3) is 0 Å². The summed E-state index contributed by atoms with van der Waals surface area (Å²) in [5.74, 6) is -0.0997. The molecule has 0 bridgehead atoms. The molecule has 0 aliphatic carbocycles. The molecule has 0 N–H and O–H groups in total. The summed E-state index contributed by atoms with van der Waals surface area (Å²) in [7, 11) is 0. The smallest absolute Gasteiger partial charge is 0.309 e. The minimum absolute atomic E-state index is 0.216. The number of hydrogen-bond donors (Lipinski definition) is 0. The monoisotopic (exact) mass is 259 g/mol. The lowest BCUT2D eigenvalue weighted by atomic mass is 10.3. The third kappa shape index (κ3) is 3.25. The minimum atomic E-state index is -0.448. The fourth-order valence-corrected chi connectivity index (χ4v) is 1.68. The van der Waals surface area contributed by atoms with E-state index in [1.807, 2.05) is 30.3 Å². The number of hydrogen-bond acceptors (Lipinski definition) is 4. The molecule has 0 saturated heterocycles. The molecule has 0 radical (unpaired) electrons. The van der Waals surface area contributed by atoms with Crippen molar-refractivity contribution in [2.75, 3.05) is 5.01 Å². The summed E-state index contributed by atoms with van der Waals surface area (Å²) in [6.45, 7) is 2.66. The Morgan fingerprint density at radius 1 is 1.26 bits per heavy atom. The topological polar surface area (TPSA) is 71.3 Å². The number of esters is 1. The van der Waals surface area contributed by atoms with Gasteiger partial charge in [0.15, 0.2) is 0 Å². The van der Waals surface area contributed by atoms with Crippen molar-refractivity contribution in [3.8, 4) is 0 Å². The fourth-order valence-electron chi connectivity index (χ4n) is 1.68. The minimum Gasteiger partial charge on any atom is -0.410 e. The van der Waals surface area contributed by atoms with E-state index in [1.165, 1.54) is 18.9 Å². The van der Waals surface area contributed by atoms with Gasteiger partial charge in [0, 0.05) is 13.8 Å². The average Bonchev–Trinajstić information content (AvgIpc) is 2.71. The van der Waals surface area contributed by atoms with Gasteiger partial charge in [0.05, 0.1) is 12.1 Å². The number of hydrazone groups is 1. The molecule has 2 rings (SSSR count). The van der Waals surface area contributed by atoms with Crippen molar-refractivity contribution < 1.29 is 14.3 Å². The van der Waals surface area contributed by atoms with Crippen molar-refractivity contribution in [3.63, 3.8) is 0 Å². The van der Waals surface area contributed by atoms with Gasteiger partial charge in [-0.3, -0.25) is 9.59 Å². The van der Waals surface area contributed by atoms with Crippen LogP contribution in [-0.2, 0) is 14.3 Å². The number of benzene rings is 1. The Labute approximate surface area is 110 Å². The van der Waals surface area contributed by atoms with Gasteiger partial charge >= 0.3 is 5.97 Å². The normalized spacial score (nSPS) is 16.4. The zero-order valence-corrected chi connectivity index (χ0v) is 10.7. The lowest BCUT2D eigenvalue weighted by molar-refractivity contribution is -0.133. The third-order valence-electron chi connectivity index (χ3n) is 2.31. The zero-order valence-electron chi connectivity index (χ0n) is 10.7. The van der Waals surface area contributed by atoms with Crippen molar-refractivity contribution in [2.24, 2.45) is 10.1 Å². The lowest BCUT2D eigenvalue weighted by Crippen LogP contribution is -2.21. The van der Waals surface area contributed by atoms with Crippen molar-refractivity contribution in [2.45, 2.75) is 20.3 Å². The van der Waals surface area contributed by atoms with Crippen LogP contribution < -0.4 is 5.01 Å². The SMILES string of the molecule is CC(=O)N=C1CC(OC(C)=O)=NN1c1ccccc1. The van der Waals surface area contributed by atoms with Crippen LogP contribution in [0, 0.1) is 0 Å². The molecule has 1 aliphatic rings. The van der Waals surface area contributed by atoms with Gasteiger partial charge in [0.2, 0.25) is 11.8 Å². The van der Waals surface area contributed by atoms with Crippen molar-refractivity contribution >= 4 is 29.3 Å². The van der Waals surface area contributed by atoms with Gasteiger partial charge in [0.1, 0.15) is 5.84 Å². The second kappa shape index (κ2) is 5.43. The first-order chi connectivity index (χ1) is 9.06. The Kier molecular flexibility index (Phi) is 3.70. The van der Waals surface area contributed by atoms with Gasteiger partial charge in [-0.2, -0.15) is 4.99 Å². The molecule has 1 aliphatic heterocycles. The Morgan fingerprint density at radius 2 is 1.95 bits per heavy atom. The van der Waals surface area contributed by atoms with Crippen molar-refractivity contribution in [3.05, 3.63) is 30.3 Å². The molecule has 0 fully saturated rings.